The Labute approximate surface area is 141 Å². The first-order chi connectivity index (χ1) is 10.3. The van der Waals surface area contributed by atoms with Crippen molar-refractivity contribution in [2.75, 3.05) is 0 Å². The summed E-state index contributed by atoms with van der Waals surface area (Å²) in [5.41, 5.74) is 1.92. The molecule has 0 aromatic heterocycles. The van der Waals surface area contributed by atoms with Crippen molar-refractivity contribution in [2.45, 2.75) is 39.5 Å². The van der Waals surface area contributed by atoms with Gasteiger partial charge in [-0.2, -0.15) is 0 Å². The van der Waals surface area contributed by atoms with E-state index >= 15 is 0 Å². The number of halogens is 1. The molecule has 0 bridgehead atoms. The quantitative estimate of drug-likeness (QED) is 0.659. The molecule has 0 spiro atoms. The zero-order chi connectivity index (χ0) is 16.3. The van der Waals surface area contributed by atoms with Crippen molar-refractivity contribution < 1.29 is 4.79 Å². The number of ketones is 1. The minimum Gasteiger partial charge on any atom is -0.298 e. The van der Waals surface area contributed by atoms with Crippen LogP contribution in [0.4, 0.5) is 0 Å². The molecule has 22 heavy (non-hydrogen) atoms. The molecule has 2 heteroatoms. The molecule has 2 aromatic carbocycles. The Morgan fingerprint density at radius 1 is 0.909 bits per heavy atom. The zero-order valence-corrected chi connectivity index (χ0v) is 15.2. The molecule has 0 aliphatic heterocycles. The molecule has 0 amide bonds. The van der Waals surface area contributed by atoms with Gasteiger partial charge in [0.25, 0.3) is 0 Å². The van der Waals surface area contributed by atoms with Crippen LogP contribution in [0, 0.1) is 5.41 Å². The van der Waals surface area contributed by atoms with Gasteiger partial charge in [0.1, 0.15) is 5.78 Å². The minimum atomic E-state index is -0.360. The van der Waals surface area contributed by atoms with E-state index in [4.69, 9.17) is 0 Å². The van der Waals surface area contributed by atoms with E-state index < -0.39 is 0 Å². The van der Waals surface area contributed by atoms with Crippen molar-refractivity contribution in [3.63, 3.8) is 0 Å². The molecule has 2 atom stereocenters. The molecule has 0 N–H and O–H groups in total. The van der Waals surface area contributed by atoms with Crippen molar-refractivity contribution in [1.82, 2.24) is 0 Å². The summed E-state index contributed by atoms with van der Waals surface area (Å²) in [5, 5.41) is 0. The van der Waals surface area contributed by atoms with Crippen molar-refractivity contribution in [3.8, 4) is 0 Å². The summed E-state index contributed by atoms with van der Waals surface area (Å²) in [4.78, 5) is 13.1. The summed E-state index contributed by atoms with van der Waals surface area (Å²) >= 11 is 3.47. The van der Waals surface area contributed by atoms with Gasteiger partial charge in [-0.05, 0) is 29.2 Å². The maximum Gasteiger partial charge on any atom is 0.146 e. The summed E-state index contributed by atoms with van der Waals surface area (Å²) in [6.07, 6.45) is 0. The van der Waals surface area contributed by atoms with Gasteiger partial charge in [-0.1, -0.05) is 86.1 Å². The van der Waals surface area contributed by atoms with Crippen LogP contribution >= 0.6 is 15.9 Å². The van der Waals surface area contributed by atoms with E-state index in [9.17, 15) is 4.79 Å². The smallest absolute Gasteiger partial charge is 0.146 e. The zero-order valence-electron chi connectivity index (χ0n) is 13.6. The fourth-order valence-electron chi connectivity index (χ4n) is 2.75. The van der Waals surface area contributed by atoms with Gasteiger partial charge in [0.15, 0.2) is 0 Å². The Balaban J connectivity index is 2.46. The van der Waals surface area contributed by atoms with Crippen LogP contribution in [-0.4, -0.2) is 5.78 Å². The van der Waals surface area contributed by atoms with Crippen LogP contribution in [0.15, 0.2) is 59.1 Å². The highest BCUT2D eigenvalue weighted by Crippen LogP contribution is 2.38. The number of hydrogen-bond donors (Lipinski definition) is 0. The van der Waals surface area contributed by atoms with Gasteiger partial charge in [0.2, 0.25) is 0 Å². The Kier molecular flexibility index (Phi) is 5.23. The topological polar surface area (TPSA) is 17.1 Å². The third-order valence-electron chi connectivity index (χ3n) is 4.08. The van der Waals surface area contributed by atoms with E-state index in [1.807, 2.05) is 51.1 Å². The number of rotatable bonds is 4. The Morgan fingerprint density at radius 2 is 1.45 bits per heavy atom. The van der Waals surface area contributed by atoms with Crippen LogP contribution in [0.25, 0.3) is 0 Å². The molecule has 1 nitrogen and oxygen atoms in total. The van der Waals surface area contributed by atoms with E-state index in [2.05, 4.69) is 47.1 Å². The van der Waals surface area contributed by atoms with Crippen LogP contribution < -0.4 is 0 Å². The van der Waals surface area contributed by atoms with Crippen LogP contribution in [-0.2, 0) is 4.79 Å². The lowest BCUT2D eigenvalue weighted by molar-refractivity contribution is -0.128. The number of hydrogen-bond acceptors (Lipinski definition) is 1. The Morgan fingerprint density at radius 3 is 1.95 bits per heavy atom. The SMILES string of the molecule is CC(c1ccccc1)C(C(=O)C(C)(C)C)c1ccc(Br)cc1. The molecule has 0 saturated carbocycles. The molecule has 0 aliphatic rings. The Hall–Kier alpha value is -1.41. The second-order valence-electron chi connectivity index (χ2n) is 6.84. The largest absolute Gasteiger partial charge is 0.298 e. The summed E-state index contributed by atoms with van der Waals surface area (Å²) in [6, 6.07) is 18.4. The second-order valence-corrected chi connectivity index (χ2v) is 7.76. The van der Waals surface area contributed by atoms with Gasteiger partial charge in [-0.25, -0.2) is 0 Å². The normalized spacial score (nSPS) is 14.4. The van der Waals surface area contributed by atoms with Gasteiger partial charge in [0.05, 0.1) is 0 Å². The van der Waals surface area contributed by atoms with E-state index in [0.717, 1.165) is 10.0 Å². The maximum atomic E-state index is 13.1. The monoisotopic (exact) mass is 358 g/mol. The van der Waals surface area contributed by atoms with Crippen LogP contribution in [0.1, 0.15) is 50.7 Å². The molecule has 0 radical (unpaired) electrons. The number of Topliss-reactive ketones (excluding diaryl/α,β-unsaturated/α-hetero) is 1. The predicted octanol–water partition coefficient (Wildman–Crippen LogP) is 5.95. The van der Waals surface area contributed by atoms with E-state index in [0.29, 0.717) is 0 Å². The predicted molar refractivity (Wildman–Crippen MR) is 96.2 cm³/mol. The van der Waals surface area contributed by atoms with E-state index in [1.54, 1.807) is 0 Å². The fourth-order valence-corrected chi connectivity index (χ4v) is 3.02. The first-order valence-corrected chi connectivity index (χ1v) is 8.44. The van der Waals surface area contributed by atoms with Crippen LogP contribution in [0.5, 0.6) is 0 Å². The molecule has 0 heterocycles. The summed E-state index contributed by atoms with van der Waals surface area (Å²) in [5.74, 6) is 0.302. The van der Waals surface area contributed by atoms with Crippen molar-refractivity contribution in [2.24, 2.45) is 5.41 Å². The number of benzene rings is 2. The van der Waals surface area contributed by atoms with Gasteiger partial charge >= 0.3 is 0 Å². The standard InChI is InChI=1S/C20H23BrO/c1-14(15-8-6-5-7-9-15)18(19(22)20(2,3)4)16-10-12-17(21)13-11-16/h5-14,18H,1-4H3. The van der Waals surface area contributed by atoms with Gasteiger partial charge in [0, 0.05) is 15.8 Å². The van der Waals surface area contributed by atoms with E-state index in [1.165, 1.54) is 5.56 Å². The molecule has 116 valence electrons. The number of carbonyl (C=O) groups excluding carboxylic acids is 1. The maximum absolute atomic E-state index is 13.1. The molecular weight excluding hydrogens is 336 g/mol. The van der Waals surface area contributed by atoms with Crippen molar-refractivity contribution in [3.05, 3.63) is 70.2 Å². The molecular formula is C20H23BrO. The summed E-state index contributed by atoms with van der Waals surface area (Å²) in [6.45, 7) is 8.14. The average molecular weight is 359 g/mol. The highest BCUT2D eigenvalue weighted by Gasteiger charge is 2.34. The lowest BCUT2D eigenvalue weighted by Crippen LogP contribution is -2.30. The van der Waals surface area contributed by atoms with Gasteiger partial charge < -0.3 is 0 Å². The van der Waals surface area contributed by atoms with Crippen molar-refractivity contribution in [1.29, 1.82) is 0 Å². The lowest BCUT2D eigenvalue weighted by Gasteiger charge is -2.30. The third kappa shape index (κ3) is 3.86. The van der Waals surface area contributed by atoms with Crippen LogP contribution in [0.2, 0.25) is 0 Å². The molecule has 2 aromatic rings. The summed E-state index contributed by atoms with van der Waals surface area (Å²) in [7, 11) is 0. The highest BCUT2D eigenvalue weighted by atomic mass is 79.9. The lowest BCUT2D eigenvalue weighted by atomic mass is 9.72. The Bertz CT molecular complexity index is 623. The molecule has 0 saturated heterocycles. The van der Waals surface area contributed by atoms with E-state index in [-0.39, 0.29) is 23.0 Å². The molecule has 2 unspecified atom stereocenters. The highest BCUT2D eigenvalue weighted by molar-refractivity contribution is 9.10. The van der Waals surface area contributed by atoms with Crippen LogP contribution in [0.3, 0.4) is 0 Å². The molecule has 2 rings (SSSR count). The average Bonchev–Trinajstić information content (AvgIpc) is 2.49. The molecule has 0 aliphatic carbocycles. The third-order valence-corrected chi connectivity index (χ3v) is 4.60. The molecule has 0 fully saturated rings. The minimum absolute atomic E-state index is 0.129. The first kappa shape index (κ1) is 17.0. The number of carbonyl (C=O) groups is 1. The van der Waals surface area contributed by atoms with Gasteiger partial charge in [-0.15, -0.1) is 0 Å². The second kappa shape index (κ2) is 6.78. The van der Waals surface area contributed by atoms with Gasteiger partial charge in [-0.3, -0.25) is 4.79 Å². The summed E-state index contributed by atoms with van der Waals surface area (Å²) < 4.78 is 1.03. The fraction of sp³-hybridized carbons (Fsp3) is 0.350. The van der Waals surface area contributed by atoms with Crippen molar-refractivity contribution >= 4 is 21.7 Å². The first-order valence-electron chi connectivity index (χ1n) is 7.65.